The Morgan fingerprint density at radius 3 is 2.15 bits per heavy atom. The maximum absolute atomic E-state index is 6.05. The number of rotatable bonds is 4. The molecule has 26 heavy (non-hydrogen) atoms. The van der Waals surface area contributed by atoms with Crippen molar-refractivity contribution in [3.8, 4) is 11.5 Å². The van der Waals surface area contributed by atoms with Crippen LogP contribution in [0.3, 0.4) is 0 Å². The minimum absolute atomic E-state index is 0.631. The Kier molecular flexibility index (Phi) is 5.38. The van der Waals surface area contributed by atoms with Crippen molar-refractivity contribution in [1.29, 1.82) is 0 Å². The summed E-state index contributed by atoms with van der Waals surface area (Å²) >= 11 is 5.96. The van der Waals surface area contributed by atoms with Crippen LogP contribution in [0.2, 0.25) is 5.02 Å². The Labute approximate surface area is 157 Å². The van der Waals surface area contributed by atoms with Gasteiger partial charge in [0.15, 0.2) is 11.6 Å². The zero-order valence-electron chi connectivity index (χ0n) is 14.4. The fraction of sp³-hybridized carbons (Fsp3) is 0.444. The van der Waals surface area contributed by atoms with Gasteiger partial charge in [0, 0.05) is 31.2 Å². The average Bonchev–Trinajstić information content (AvgIpc) is 2.71. The summed E-state index contributed by atoms with van der Waals surface area (Å²) in [6.07, 6.45) is 1.75. The number of aromatic nitrogens is 2. The molecule has 0 bridgehead atoms. The Morgan fingerprint density at radius 1 is 0.885 bits per heavy atom. The molecule has 0 unspecified atom stereocenters. The number of halogens is 1. The summed E-state index contributed by atoms with van der Waals surface area (Å²) in [4.78, 5) is 13.7. The zero-order chi connectivity index (χ0) is 17.8. The van der Waals surface area contributed by atoms with Crippen LogP contribution < -0.4 is 14.5 Å². The Bertz CT molecular complexity index is 732. The van der Waals surface area contributed by atoms with Crippen LogP contribution in [-0.4, -0.2) is 62.6 Å². The minimum atomic E-state index is 0.631. The van der Waals surface area contributed by atoms with Gasteiger partial charge in [-0.2, -0.15) is 4.98 Å². The van der Waals surface area contributed by atoms with Gasteiger partial charge in [0.05, 0.1) is 32.6 Å². The van der Waals surface area contributed by atoms with E-state index in [0.717, 1.165) is 32.0 Å². The molecule has 2 aliphatic rings. The van der Waals surface area contributed by atoms with Crippen molar-refractivity contribution in [2.45, 2.75) is 0 Å². The summed E-state index contributed by atoms with van der Waals surface area (Å²) in [7, 11) is 0. The molecule has 3 heterocycles. The van der Waals surface area contributed by atoms with E-state index in [1.165, 1.54) is 0 Å². The highest BCUT2D eigenvalue weighted by Gasteiger charge is 2.22. The summed E-state index contributed by atoms with van der Waals surface area (Å²) in [5.41, 5.74) is 0. The molecule has 7 nitrogen and oxygen atoms in total. The van der Waals surface area contributed by atoms with Crippen LogP contribution in [0.25, 0.3) is 0 Å². The Morgan fingerprint density at radius 2 is 1.50 bits per heavy atom. The number of ether oxygens (including phenoxy) is 3. The molecule has 1 aromatic carbocycles. The molecule has 1 aromatic heterocycles. The predicted molar refractivity (Wildman–Crippen MR) is 99.6 cm³/mol. The first-order valence-electron chi connectivity index (χ1n) is 8.75. The molecule has 0 atom stereocenters. The topological polar surface area (TPSA) is 60.0 Å². The van der Waals surface area contributed by atoms with Gasteiger partial charge in [0.1, 0.15) is 5.75 Å². The van der Waals surface area contributed by atoms with Crippen molar-refractivity contribution < 1.29 is 14.2 Å². The van der Waals surface area contributed by atoms with Crippen LogP contribution in [0.5, 0.6) is 11.5 Å². The highest BCUT2D eigenvalue weighted by atomic mass is 35.5. The van der Waals surface area contributed by atoms with E-state index in [-0.39, 0.29) is 0 Å². The lowest BCUT2D eigenvalue weighted by molar-refractivity contribution is 0.121. The lowest BCUT2D eigenvalue weighted by atomic mass is 10.3. The van der Waals surface area contributed by atoms with Crippen molar-refractivity contribution in [3.05, 3.63) is 35.5 Å². The van der Waals surface area contributed by atoms with Gasteiger partial charge in [-0.1, -0.05) is 11.6 Å². The Hall–Kier alpha value is -2.09. The standard InChI is InChI=1S/C18H21ClN4O3/c19-14-1-3-15(4-2-14)26-16-13-20-18(23-7-11-25-12-8-23)21-17(16)22-5-9-24-10-6-22/h1-4,13H,5-12H2. The summed E-state index contributed by atoms with van der Waals surface area (Å²) < 4.78 is 16.9. The third-order valence-electron chi connectivity index (χ3n) is 4.37. The van der Waals surface area contributed by atoms with E-state index in [4.69, 9.17) is 30.8 Å². The largest absolute Gasteiger partial charge is 0.452 e. The van der Waals surface area contributed by atoms with Crippen molar-refractivity contribution in [2.75, 3.05) is 62.4 Å². The number of benzene rings is 1. The third-order valence-corrected chi connectivity index (χ3v) is 4.62. The molecule has 2 saturated heterocycles. The monoisotopic (exact) mass is 376 g/mol. The van der Waals surface area contributed by atoms with Crippen molar-refractivity contribution in [1.82, 2.24) is 9.97 Å². The molecule has 2 aromatic rings. The molecule has 0 saturated carbocycles. The van der Waals surface area contributed by atoms with Gasteiger partial charge in [-0.15, -0.1) is 0 Å². The molecule has 0 aliphatic carbocycles. The molecule has 2 fully saturated rings. The predicted octanol–water partition coefficient (Wildman–Crippen LogP) is 2.60. The van der Waals surface area contributed by atoms with E-state index < -0.39 is 0 Å². The second kappa shape index (κ2) is 8.07. The normalized spacial score (nSPS) is 18.0. The number of hydrogen-bond donors (Lipinski definition) is 0. The average molecular weight is 377 g/mol. The van der Waals surface area contributed by atoms with E-state index in [1.807, 2.05) is 12.1 Å². The SMILES string of the molecule is Clc1ccc(Oc2cnc(N3CCOCC3)nc2N2CCOCC2)cc1. The zero-order valence-corrected chi connectivity index (χ0v) is 15.2. The van der Waals surface area contributed by atoms with Gasteiger partial charge in [0.25, 0.3) is 0 Å². The number of anilines is 2. The second-order valence-electron chi connectivity index (χ2n) is 6.11. The Balaban J connectivity index is 1.63. The summed E-state index contributed by atoms with van der Waals surface area (Å²) in [6.45, 7) is 5.88. The molecule has 4 rings (SSSR count). The first kappa shape index (κ1) is 17.3. The smallest absolute Gasteiger partial charge is 0.227 e. The minimum Gasteiger partial charge on any atom is -0.452 e. The fourth-order valence-corrected chi connectivity index (χ4v) is 3.10. The van der Waals surface area contributed by atoms with Crippen molar-refractivity contribution in [2.24, 2.45) is 0 Å². The van der Waals surface area contributed by atoms with Crippen molar-refractivity contribution in [3.63, 3.8) is 0 Å². The molecule has 0 N–H and O–H groups in total. The van der Waals surface area contributed by atoms with Gasteiger partial charge in [-0.25, -0.2) is 4.98 Å². The molecule has 2 aliphatic heterocycles. The first-order chi connectivity index (χ1) is 12.8. The first-order valence-corrected chi connectivity index (χ1v) is 9.13. The summed E-state index contributed by atoms with van der Waals surface area (Å²) in [6, 6.07) is 7.27. The number of hydrogen-bond acceptors (Lipinski definition) is 7. The fourth-order valence-electron chi connectivity index (χ4n) is 2.97. The van der Waals surface area contributed by atoms with Crippen LogP contribution in [0.4, 0.5) is 11.8 Å². The van der Waals surface area contributed by atoms with Gasteiger partial charge >= 0.3 is 0 Å². The molecule has 8 heteroatoms. The third kappa shape index (κ3) is 4.00. The number of nitrogens with zero attached hydrogens (tertiary/aromatic N) is 4. The van der Waals surface area contributed by atoms with E-state index >= 15 is 0 Å². The molecular weight excluding hydrogens is 356 g/mol. The van der Waals surface area contributed by atoms with Gasteiger partial charge < -0.3 is 24.0 Å². The van der Waals surface area contributed by atoms with Crippen LogP contribution in [0.15, 0.2) is 30.5 Å². The molecule has 138 valence electrons. The van der Waals surface area contributed by atoms with E-state index in [2.05, 4.69) is 14.8 Å². The molecule has 0 radical (unpaired) electrons. The van der Waals surface area contributed by atoms with Crippen LogP contribution in [0, 0.1) is 0 Å². The lowest BCUT2D eigenvalue weighted by Gasteiger charge is -2.31. The summed E-state index contributed by atoms with van der Waals surface area (Å²) in [5.74, 6) is 2.83. The lowest BCUT2D eigenvalue weighted by Crippen LogP contribution is -2.39. The van der Waals surface area contributed by atoms with E-state index in [0.29, 0.717) is 48.9 Å². The van der Waals surface area contributed by atoms with E-state index in [1.54, 1.807) is 18.3 Å². The van der Waals surface area contributed by atoms with Crippen LogP contribution in [-0.2, 0) is 9.47 Å². The maximum Gasteiger partial charge on any atom is 0.227 e. The quantitative estimate of drug-likeness (QED) is 0.812. The van der Waals surface area contributed by atoms with Gasteiger partial charge in [0.2, 0.25) is 5.95 Å². The van der Waals surface area contributed by atoms with Crippen LogP contribution in [0.1, 0.15) is 0 Å². The molecule has 0 amide bonds. The maximum atomic E-state index is 6.05. The summed E-state index contributed by atoms with van der Waals surface area (Å²) in [5, 5.41) is 0.671. The van der Waals surface area contributed by atoms with Gasteiger partial charge in [-0.3, -0.25) is 0 Å². The molecular formula is C18H21ClN4O3. The van der Waals surface area contributed by atoms with Crippen LogP contribution >= 0.6 is 11.6 Å². The molecule has 0 spiro atoms. The van der Waals surface area contributed by atoms with E-state index in [9.17, 15) is 0 Å². The second-order valence-corrected chi connectivity index (χ2v) is 6.55. The number of morpholine rings is 2. The highest BCUT2D eigenvalue weighted by Crippen LogP contribution is 2.32. The highest BCUT2D eigenvalue weighted by molar-refractivity contribution is 6.30. The van der Waals surface area contributed by atoms with Crippen molar-refractivity contribution >= 4 is 23.4 Å². The van der Waals surface area contributed by atoms with Gasteiger partial charge in [-0.05, 0) is 24.3 Å².